The number of aryl methyl sites for hydroxylation is 2. The van der Waals surface area contributed by atoms with E-state index in [1.165, 1.54) is 6.92 Å². The molecule has 0 radical (unpaired) electrons. The quantitative estimate of drug-likeness (QED) is 0.216. The van der Waals surface area contributed by atoms with Crippen molar-refractivity contribution < 1.29 is 49.4 Å². The van der Waals surface area contributed by atoms with Crippen LogP contribution >= 0.6 is 22.7 Å². The number of hydrogen-bond acceptors (Lipinski definition) is 4. The molecule has 2 aliphatic carbocycles. The summed E-state index contributed by atoms with van der Waals surface area (Å²) in [6.45, 7) is 2.43. The van der Waals surface area contributed by atoms with Gasteiger partial charge < -0.3 is 5.11 Å². The summed E-state index contributed by atoms with van der Waals surface area (Å²) in [6, 6.07) is 1.75. The number of thiophene rings is 2. The van der Waals surface area contributed by atoms with Gasteiger partial charge in [0.05, 0.1) is 4.88 Å². The van der Waals surface area contributed by atoms with E-state index in [1.807, 2.05) is 6.08 Å². The number of rotatable bonds is 5. The zero-order valence-corrected chi connectivity index (χ0v) is 21.1. The summed E-state index contributed by atoms with van der Waals surface area (Å²) in [5.41, 5.74) is -3.99. The summed E-state index contributed by atoms with van der Waals surface area (Å²) in [5.74, 6) is -20.3. The van der Waals surface area contributed by atoms with Crippen LogP contribution in [0.25, 0.3) is 22.5 Å². The average molecular weight is 585 g/mol. The molecule has 0 fully saturated rings. The monoisotopic (exact) mass is 584 g/mol. The maximum absolute atomic E-state index is 15.2. The zero-order chi connectivity index (χ0) is 28.4. The fourth-order valence-corrected chi connectivity index (χ4v) is 6.22. The summed E-state index contributed by atoms with van der Waals surface area (Å²) < 4.78 is 128. The molecule has 0 saturated heterocycles. The van der Waals surface area contributed by atoms with Gasteiger partial charge in [0.1, 0.15) is 5.76 Å². The molecule has 0 aliphatic heterocycles. The van der Waals surface area contributed by atoms with Gasteiger partial charge in [-0.3, -0.25) is 4.79 Å². The molecule has 4 rings (SSSR count). The lowest BCUT2D eigenvalue weighted by Gasteiger charge is -2.25. The molecule has 2 aliphatic rings. The first-order chi connectivity index (χ1) is 17.4. The first-order valence-electron chi connectivity index (χ1n) is 10.9. The van der Waals surface area contributed by atoms with Crippen LogP contribution in [0.4, 0.5) is 39.5 Å². The highest BCUT2D eigenvalue weighted by atomic mass is 32.1. The van der Waals surface area contributed by atoms with E-state index in [-0.39, 0.29) is 15.8 Å². The van der Waals surface area contributed by atoms with Gasteiger partial charge in [0.15, 0.2) is 0 Å². The van der Waals surface area contributed by atoms with Crippen molar-refractivity contribution in [2.24, 2.45) is 0 Å². The molecule has 0 unspecified atom stereocenters. The molecule has 2 heterocycles. The second kappa shape index (κ2) is 9.15. The third kappa shape index (κ3) is 4.33. The number of aliphatic hydroxyl groups excluding tert-OH is 1. The highest BCUT2D eigenvalue weighted by Gasteiger charge is 2.80. The van der Waals surface area contributed by atoms with Crippen LogP contribution in [0.5, 0.6) is 0 Å². The van der Waals surface area contributed by atoms with Gasteiger partial charge in [-0.2, -0.15) is 39.5 Å². The van der Waals surface area contributed by atoms with Gasteiger partial charge in [-0.25, -0.2) is 0 Å². The molecule has 2 nitrogen and oxygen atoms in total. The molecule has 0 aromatic carbocycles. The number of hydrogen-bond donors (Lipinski definition) is 1. The summed E-state index contributed by atoms with van der Waals surface area (Å²) >= 11 is 1.34. The lowest BCUT2D eigenvalue weighted by atomic mass is 9.94. The van der Waals surface area contributed by atoms with Crippen LogP contribution < -0.4 is 0 Å². The lowest BCUT2D eigenvalue weighted by Crippen LogP contribution is -2.48. The van der Waals surface area contributed by atoms with E-state index in [4.69, 9.17) is 0 Å². The van der Waals surface area contributed by atoms with Crippen molar-refractivity contribution in [3.05, 3.63) is 67.1 Å². The first kappa shape index (κ1) is 28.2. The second-order valence-corrected chi connectivity index (χ2v) is 11.2. The van der Waals surface area contributed by atoms with E-state index in [9.17, 15) is 31.9 Å². The smallest absolute Gasteiger partial charge is 0.454 e. The Balaban J connectivity index is 1.95. The minimum atomic E-state index is -5.83. The molecule has 38 heavy (non-hydrogen) atoms. The minimum Gasteiger partial charge on any atom is -0.506 e. The van der Waals surface area contributed by atoms with Crippen molar-refractivity contribution in [2.45, 2.75) is 50.6 Å². The molecule has 2 aromatic heterocycles. The van der Waals surface area contributed by atoms with Gasteiger partial charge in [-0.15, -0.1) is 22.7 Å². The number of allylic oxidation sites excluding steroid dienone is 7. The molecule has 0 saturated carbocycles. The number of alkyl halides is 9. The van der Waals surface area contributed by atoms with Gasteiger partial charge in [-0.05, 0) is 55.5 Å². The van der Waals surface area contributed by atoms with Crippen molar-refractivity contribution in [3.63, 3.8) is 0 Å². The number of carbonyl (C=O) groups is 1. The summed E-state index contributed by atoms with van der Waals surface area (Å²) in [7, 11) is 0. The predicted octanol–water partition coefficient (Wildman–Crippen LogP) is 9.02. The lowest BCUT2D eigenvalue weighted by molar-refractivity contribution is -0.254. The molecular formula is C25H17F9O2S2. The Kier molecular flexibility index (Phi) is 6.79. The van der Waals surface area contributed by atoms with Crippen molar-refractivity contribution in [2.75, 3.05) is 0 Å². The van der Waals surface area contributed by atoms with Gasteiger partial charge in [-0.1, -0.05) is 18.2 Å². The fourth-order valence-electron chi connectivity index (χ4n) is 4.24. The second-order valence-electron chi connectivity index (χ2n) is 8.66. The molecule has 13 heteroatoms. The Morgan fingerprint density at radius 3 is 2.00 bits per heavy atom. The van der Waals surface area contributed by atoms with Gasteiger partial charge in [0.2, 0.25) is 0 Å². The Bertz CT molecular complexity index is 1430. The van der Waals surface area contributed by atoms with Crippen LogP contribution in [-0.4, -0.2) is 34.8 Å². The topological polar surface area (TPSA) is 37.3 Å². The van der Waals surface area contributed by atoms with Crippen molar-refractivity contribution in [3.8, 4) is 0 Å². The highest BCUT2D eigenvalue weighted by Crippen LogP contribution is 2.66. The molecule has 0 bridgehead atoms. The summed E-state index contributed by atoms with van der Waals surface area (Å²) in [6.07, 6.45) is 1.15. The minimum absolute atomic E-state index is 0.0761. The maximum Gasteiger partial charge on any atom is 0.454 e. The molecule has 204 valence electrons. The Morgan fingerprint density at radius 2 is 1.47 bits per heavy atom. The molecule has 0 atom stereocenters. The first-order valence-corrected chi connectivity index (χ1v) is 12.5. The van der Waals surface area contributed by atoms with E-state index in [0.717, 1.165) is 30.7 Å². The Labute approximate surface area is 218 Å². The molecular weight excluding hydrogens is 567 g/mol. The van der Waals surface area contributed by atoms with Gasteiger partial charge in [0.25, 0.3) is 5.78 Å². The molecule has 0 spiro atoms. The third-order valence-electron chi connectivity index (χ3n) is 6.12. The summed E-state index contributed by atoms with van der Waals surface area (Å²) in [5, 5.41) is 9.98. The highest BCUT2D eigenvalue weighted by molar-refractivity contribution is 7.13. The standard InChI is InChI=1S/C25H17F9O2S2/c1-11-14(8-17(37-11)13-6-4-3-5-7-13)20-21(23(28,29)25(33,34)22(20,26)27)15-9-18(38-12(15)2)16(35)10-19(36)24(30,31)32/h4,6-10,35H,3,5H2,1-2H3. The van der Waals surface area contributed by atoms with E-state index in [1.54, 1.807) is 12.2 Å². The van der Waals surface area contributed by atoms with Crippen LogP contribution in [0, 0.1) is 13.8 Å². The number of halogens is 9. The van der Waals surface area contributed by atoms with E-state index >= 15 is 17.6 Å². The normalized spacial score (nSPS) is 20.7. The van der Waals surface area contributed by atoms with Crippen molar-refractivity contribution >= 4 is 50.9 Å². The third-order valence-corrected chi connectivity index (χ3v) is 8.29. The SMILES string of the molecule is Cc1sc(C(O)=CC(=O)C(F)(F)F)cc1C1=C(c2cc(C3=CCCC=C3)sc2C)C(F)(F)C(F)(F)C1(F)F. The fraction of sp³-hybridized carbons (Fsp3) is 0.320. The van der Waals surface area contributed by atoms with Gasteiger partial charge >= 0.3 is 23.9 Å². The molecule has 2 aromatic rings. The average Bonchev–Trinajstić information content (AvgIpc) is 3.41. The molecule has 0 amide bonds. The van der Waals surface area contributed by atoms with Crippen LogP contribution in [0.15, 0.2) is 36.4 Å². The van der Waals surface area contributed by atoms with Crippen molar-refractivity contribution in [1.29, 1.82) is 0 Å². The molecule has 1 N–H and O–H groups in total. The van der Waals surface area contributed by atoms with E-state index < -0.39 is 62.6 Å². The van der Waals surface area contributed by atoms with Crippen LogP contribution in [0.2, 0.25) is 0 Å². The Morgan fingerprint density at radius 1 is 0.921 bits per heavy atom. The number of aliphatic hydroxyl groups is 1. The van der Waals surface area contributed by atoms with E-state index in [2.05, 4.69) is 0 Å². The predicted molar refractivity (Wildman–Crippen MR) is 128 cm³/mol. The summed E-state index contributed by atoms with van der Waals surface area (Å²) in [4.78, 5) is 10.8. The number of ketones is 1. The zero-order valence-electron chi connectivity index (χ0n) is 19.5. The van der Waals surface area contributed by atoms with Crippen LogP contribution in [-0.2, 0) is 4.79 Å². The maximum atomic E-state index is 15.2. The van der Waals surface area contributed by atoms with E-state index in [0.29, 0.717) is 34.3 Å². The number of carbonyl (C=O) groups excluding carboxylic acids is 1. The largest absolute Gasteiger partial charge is 0.506 e. The van der Waals surface area contributed by atoms with Crippen LogP contribution in [0.1, 0.15) is 43.5 Å². The van der Waals surface area contributed by atoms with Crippen LogP contribution in [0.3, 0.4) is 0 Å². The van der Waals surface area contributed by atoms with Crippen molar-refractivity contribution in [1.82, 2.24) is 0 Å². The van der Waals surface area contributed by atoms with Gasteiger partial charge in [0, 0.05) is 31.9 Å². The Hall–Kier alpha value is -2.80.